The van der Waals surface area contributed by atoms with Crippen molar-refractivity contribution in [3.05, 3.63) is 104 Å². The molecular formula is C40H52N6O6S2. The summed E-state index contributed by atoms with van der Waals surface area (Å²) in [7, 11) is 0. The quantitative estimate of drug-likeness (QED) is 0.0838. The maximum Gasteiger partial charge on any atom is 0.243 e. The Morgan fingerprint density at radius 3 is 1.24 bits per heavy atom. The van der Waals surface area contributed by atoms with E-state index in [1.54, 1.807) is 10.8 Å². The normalized spacial score (nSPS) is 14.8. The van der Waals surface area contributed by atoms with Crippen LogP contribution in [0.1, 0.15) is 60.2 Å². The number of aliphatic hydroxyl groups excluding tert-OH is 2. The molecule has 0 aliphatic rings. The topological polar surface area (TPSA) is 183 Å². The zero-order valence-electron chi connectivity index (χ0n) is 31.6. The van der Waals surface area contributed by atoms with E-state index in [4.69, 9.17) is 0 Å². The standard InChI is InChI=1S/C40H52N6O6S2/c1-23(2)35(45-33(47)19-29-21-53-25(5)41-29)39(51)43-31(17-27-13-9-7-10-14-27)37(49)38(50)32(18-28-15-11-8-12-16-28)44-40(52)36(24(3)4)46-34(48)20-30-22-54-26(6)42-30/h7-16,21-24,31-32,35-38,49-50H,17-20H2,1-6H3,(H,43,51)(H,44,52)(H,45,47)(H,46,48)/t31-,32-,35-,36-,37+,38+/m0/s1. The molecule has 0 aliphatic heterocycles. The summed E-state index contributed by atoms with van der Waals surface area (Å²) in [5.41, 5.74) is 2.80. The molecule has 6 N–H and O–H groups in total. The fraction of sp³-hybridized carbons (Fsp3) is 0.450. The van der Waals surface area contributed by atoms with Crippen LogP contribution < -0.4 is 21.3 Å². The Balaban J connectivity index is 1.56. The van der Waals surface area contributed by atoms with E-state index in [0.29, 0.717) is 11.4 Å². The summed E-state index contributed by atoms with van der Waals surface area (Å²) in [6.45, 7) is 10.9. The minimum atomic E-state index is -1.57. The highest BCUT2D eigenvalue weighted by Gasteiger charge is 2.37. The number of rotatable bonds is 19. The lowest BCUT2D eigenvalue weighted by Gasteiger charge is -2.35. The van der Waals surface area contributed by atoms with Gasteiger partial charge >= 0.3 is 0 Å². The van der Waals surface area contributed by atoms with Crippen molar-refractivity contribution in [1.29, 1.82) is 0 Å². The molecule has 0 fully saturated rings. The fourth-order valence-electron chi connectivity index (χ4n) is 6.10. The Morgan fingerprint density at radius 2 is 0.944 bits per heavy atom. The Hall–Kier alpha value is -4.50. The van der Waals surface area contributed by atoms with Crippen LogP contribution in [0.3, 0.4) is 0 Å². The van der Waals surface area contributed by atoms with E-state index in [0.717, 1.165) is 21.1 Å². The highest BCUT2D eigenvalue weighted by Crippen LogP contribution is 2.17. The molecule has 6 atom stereocenters. The molecule has 4 aromatic rings. The summed E-state index contributed by atoms with van der Waals surface area (Å²) in [6.07, 6.45) is -2.81. The van der Waals surface area contributed by atoms with Crippen molar-refractivity contribution in [2.45, 2.75) is 104 Å². The van der Waals surface area contributed by atoms with Crippen LogP contribution >= 0.6 is 22.7 Å². The minimum absolute atomic E-state index is 0.0128. The Kier molecular flexibility index (Phi) is 15.8. The summed E-state index contributed by atoms with van der Waals surface area (Å²) in [6, 6.07) is 14.5. The van der Waals surface area contributed by atoms with E-state index in [2.05, 4.69) is 31.2 Å². The smallest absolute Gasteiger partial charge is 0.243 e. The van der Waals surface area contributed by atoms with Crippen molar-refractivity contribution in [2.24, 2.45) is 11.8 Å². The summed E-state index contributed by atoms with van der Waals surface area (Å²) in [4.78, 5) is 62.5. The van der Waals surface area contributed by atoms with Gasteiger partial charge in [-0.25, -0.2) is 9.97 Å². The Bertz CT molecular complexity index is 1680. The maximum absolute atomic E-state index is 13.9. The molecule has 0 unspecified atom stereocenters. The lowest BCUT2D eigenvalue weighted by Crippen LogP contribution is -2.61. The number of thiazole rings is 2. The van der Waals surface area contributed by atoms with Crippen LogP contribution in [-0.4, -0.2) is 80.2 Å². The van der Waals surface area contributed by atoms with Crippen LogP contribution in [0.4, 0.5) is 0 Å². The van der Waals surface area contributed by atoms with Gasteiger partial charge < -0.3 is 31.5 Å². The first kappa shape index (κ1) is 42.2. The number of aromatic nitrogens is 2. The van der Waals surface area contributed by atoms with Crippen molar-refractivity contribution in [2.75, 3.05) is 0 Å². The van der Waals surface area contributed by atoms with Gasteiger partial charge in [-0.05, 0) is 49.7 Å². The number of hydrogen-bond donors (Lipinski definition) is 6. The first-order valence-electron chi connectivity index (χ1n) is 18.2. The Labute approximate surface area is 325 Å². The van der Waals surface area contributed by atoms with Gasteiger partial charge in [-0.2, -0.15) is 0 Å². The molecule has 2 aromatic carbocycles. The summed E-state index contributed by atoms with van der Waals surface area (Å²) >= 11 is 2.87. The first-order valence-corrected chi connectivity index (χ1v) is 19.9. The van der Waals surface area contributed by atoms with Crippen molar-refractivity contribution in [3.8, 4) is 0 Å². The molecule has 0 bridgehead atoms. The van der Waals surface area contributed by atoms with Crippen LogP contribution in [0.15, 0.2) is 71.4 Å². The number of benzene rings is 2. The second-order valence-electron chi connectivity index (χ2n) is 14.2. The van der Waals surface area contributed by atoms with E-state index < -0.39 is 48.2 Å². The second-order valence-corrected chi connectivity index (χ2v) is 16.4. The van der Waals surface area contributed by atoms with Gasteiger partial charge in [-0.1, -0.05) is 88.4 Å². The SMILES string of the molecule is Cc1nc(CC(=O)N[C@H](C(=O)N[C@@H](Cc2ccccc2)[C@@H](O)[C@H](O)[C@H](Cc2ccccc2)NC(=O)[C@@H](NC(=O)Cc2csc(C)n2)C(C)C)C(C)C)cs1. The Morgan fingerprint density at radius 1 is 0.593 bits per heavy atom. The maximum atomic E-state index is 13.9. The molecule has 0 saturated heterocycles. The fourth-order valence-corrected chi connectivity index (χ4v) is 7.32. The van der Waals surface area contributed by atoms with Crippen molar-refractivity contribution in [1.82, 2.24) is 31.2 Å². The van der Waals surface area contributed by atoms with Gasteiger partial charge in [0.05, 0.1) is 46.3 Å². The first-order chi connectivity index (χ1) is 25.7. The van der Waals surface area contributed by atoms with E-state index >= 15 is 0 Å². The summed E-state index contributed by atoms with van der Waals surface area (Å²) in [5.74, 6) is -2.40. The van der Waals surface area contributed by atoms with Crippen molar-refractivity contribution in [3.63, 3.8) is 0 Å². The van der Waals surface area contributed by atoms with Crippen LogP contribution in [0, 0.1) is 25.7 Å². The molecule has 0 radical (unpaired) electrons. The number of nitrogens with zero attached hydrogens (tertiary/aromatic N) is 2. The lowest BCUT2D eigenvalue weighted by molar-refractivity contribution is -0.132. The van der Waals surface area contributed by atoms with Gasteiger partial charge in [-0.15, -0.1) is 22.7 Å². The summed E-state index contributed by atoms with van der Waals surface area (Å²) in [5, 5.41) is 40.6. The van der Waals surface area contributed by atoms with Crippen molar-refractivity contribution >= 4 is 46.3 Å². The number of hydrogen-bond acceptors (Lipinski definition) is 10. The predicted octanol–water partition coefficient (Wildman–Crippen LogP) is 3.46. The number of aryl methyl sites for hydroxylation is 2. The summed E-state index contributed by atoms with van der Waals surface area (Å²) < 4.78 is 0. The molecule has 54 heavy (non-hydrogen) atoms. The molecule has 290 valence electrons. The van der Waals surface area contributed by atoms with Gasteiger partial charge in [0, 0.05) is 10.8 Å². The molecule has 12 nitrogen and oxygen atoms in total. The van der Waals surface area contributed by atoms with Gasteiger partial charge in [0.2, 0.25) is 23.6 Å². The number of nitrogens with one attached hydrogen (secondary N) is 4. The lowest BCUT2D eigenvalue weighted by atomic mass is 9.90. The van der Waals surface area contributed by atoms with Crippen LogP contribution in [0.25, 0.3) is 0 Å². The monoisotopic (exact) mass is 776 g/mol. The molecule has 2 aromatic heterocycles. The molecule has 4 rings (SSSR count). The third-order valence-electron chi connectivity index (χ3n) is 8.97. The second kappa shape index (κ2) is 20.3. The van der Waals surface area contributed by atoms with Gasteiger partial charge in [-0.3, -0.25) is 19.2 Å². The molecule has 4 amide bonds. The predicted molar refractivity (Wildman–Crippen MR) is 211 cm³/mol. The number of amides is 4. The van der Waals surface area contributed by atoms with Crippen LogP contribution in [0.5, 0.6) is 0 Å². The number of carbonyl (C=O) groups is 4. The average Bonchev–Trinajstić information content (AvgIpc) is 3.74. The third kappa shape index (κ3) is 12.8. The third-order valence-corrected chi connectivity index (χ3v) is 10.6. The van der Waals surface area contributed by atoms with E-state index in [1.165, 1.54) is 22.7 Å². The van der Waals surface area contributed by atoms with Gasteiger partial charge in [0.15, 0.2) is 0 Å². The van der Waals surface area contributed by atoms with Crippen LogP contribution in [-0.2, 0) is 44.9 Å². The molecule has 14 heteroatoms. The van der Waals surface area contributed by atoms with E-state index in [1.807, 2.05) is 102 Å². The number of aliphatic hydroxyl groups is 2. The zero-order valence-corrected chi connectivity index (χ0v) is 33.2. The molecule has 2 heterocycles. The number of carbonyl (C=O) groups excluding carboxylic acids is 4. The highest BCUT2D eigenvalue weighted by molar-refractivity contribution is 7.09. The average molecular weight is 777 g/mol. The van der Waals surface area contributed by atoms with E-state index in [-0.39, 0.29) is 49.3 Å². The largest absolute Gasteiger partial charge is 0.388 e. The van der Waals surface area contributed by atoms with Gasteiger partial charge in [0.1, 0.15) is 24.3 Å². The molecular weight excluding hydrogens is 725 g/mol. The molecule has 0 spiro atoms. The van der Waals surface area contributed by atoms with E-state index in [9.17, 15) is 29.4 Å². The highest BCUT2D eigenvalue weighted by atomic mass is 32.1. The zero-order chi connectivity index (χ0) is 39.4. The van der Waals surface area contributed by atoms with Gasteiger partial charge in [0.25, 0.3) is 0 Å². The van der Waals surface area contributed by atoms with Crippen LogP contribution in [0.2, 0.25) is 0 Å². The minimum Gasteiger partial charge on any atom is -0.388 e. The van der Waals surface area contributed by atoms with Crippen molar-refractivity contribution < 1.29 is 29.4 Å². The molecule has 0 saturated carbocycles. The molecule has 0 aliphatic carbocycles.